The van der Waals surface area contributed by atoms with Gasteiger partial charge in [-0.2, -0.15) is 0 Å². The standard InChI is InChI=1S/C39H77N2/c1-4-7-10-13-15-17-19-20-21-23-25-27-30-33-36-41-38-37-40(35-32-29-12-9-6-3)39(41)34-31-28-26-24-22-18-16-14-11-8-5-2/h37-38H,4-36H2,1-3H3/q+1. The average Bonchev–Trinajstić information content (AvgIpc) is 3.37. The largest absolute Gasteiger partial charge is 0.256 e. The van der Waals surface area contributed by atoms with Crippen molar-refractivity contribution in [2.75, 3.05) is 0 Å². The first-order valence-electron chi connectivity index (χ1n) is 19.4. The van der Waals surface area contributed by atoms with Crippen LogP contribution in [0, 0.1) is 0 Å². The van der Waals surface area contributed by atoms with E-state index in [-0.39, 0.29) is 0 Å². The maximum atomic E-state index is 2.63. The molecular formula is C39H77N2+. The van der Waals surface area contributed by atoms with E-state index in [0.29, 0.717) is 0 Å². The summed E-state index contributed by atoms with van der Waals surface area (Å²) in [6.07, 6.45) is 48.9. The van der Waals surface area contributed by atoms with Gasteiger partial charge in [-0.25, -0.2) is 9.13 Å². The Labute approximate surface area is 259 Å². The van der Waals surface area contributed by atoms with Crippen LogP contribution in [-0.4, -0.2) is 4.57 Å². The highest BCUT2D eigenvalue weighted by Crippen LogP contribution is 2.15. The molecule has 242 valence electrons. The number of unbranched alkanes of at least 4 members (excludes halogenated alkanes) is 27. The Morgan fingerprint density at radius 2 is 0.756 bits per heavy atom. The fourth-order valence-electron chi connectivity index (χ4n) is 6.50. The number of hydrogen-bond acceptors (Lipinski definition) is 0. The number of hydrogen-bond donors (Lipinski definition) is 0. The molecular weight excluding hydrogens is 496 g/mol. The first-order valence-corrected chi connectivity index (χ1v) is 19.4. The van der Waals surface area contributed by atoms with Crippen LogP contribution < -0.4 is 4.57 Å². The molecule has 2 nitrogen and oxygen atoms in total. The molecule has 0 unspecified atom stereocenters. The van der Waals surface area contributed by atoms with E-state index in [9.17, 15) is 0 Å². The zero-order valence-electron chi connectivity index (χ0n) is 28.9. The second kappa shape index (κ2) is 30.7. The first kappa shape index (κ1) is 38.2. The van der Waals surface area contributed by atoms with E-state index < -0.39 is 0 Å². The lowest BCUT2D eigenvalue weighted by molar-refractivity contribution is -0.704. The van der Waals surface area contributed by atoms with Crippen LogP contribution in [0.4, 0.5) is 0 Å². The van der Waals surface area contributed by atoms with E-state index in [1.54, 1.807) is 5.82 Å². The van der Waals surface area contributed by atoms with Gasteiger partial charge in [-0.1, -0.05) is 181 Å². The fourth-order valence-corrected chi connectivity index (χ4v) is 6.50. The summed E-state index contributed by atoms with van der Waals surface area (Å²) in [5.74, 6) is 1.62. The maximum Gasteiger partial charge on any atom is 0.256 e. The number of imidazole rings is 1. The monoisotopic (exact) mass is 574 g/mol. The number of rotatable bonds is 33. The van der Waals surface area contributed by atoms with Crippen molar-refractivity contribution >= 4 is 0 Å². The summed E-state index contributed by atoms with van der Waals surface area (Å²) >= 11 is 0. The fraction of sp³-hybridized carbons (Fsp3) is 0.923. The van der Waals surface area contributed by atoms with Gasteiger partial charge in [0.25, 0.3) is 5.82 Å². The van der Waals surface area contributed by atoms with E-state index >= 15 is 0 Å². The van der Waals surface area contributed by atoms with Gasteiger partial charge >= 0.3 is 0 Å². The van der Waals surface area contributed by atoms with Gasteiger partial charge in [0, 0.05) is 6.42 Å². The van der Waals surface area contributed by atoms with Crippen molar-refractivity contribution in [3.63, 3.8) is 0 Å². The van der Waals surface area contributed by atoms with E-state index in [1.807, 2.05) is 0 Å². The molecule has 41 heavy (non-hydrogen) atoms. The minimum atomic E-state index is 1.23. The SMILES string of the molecule is CCCCCCCCCCCCCCCCn1cc[n+](CCCCCCC)c1CCCCCCCCCCCCC. The summed E-state index contributed by atoms with van der Waals surface area (Å²) in [4.78, 5) is 0. The zero-order valence-corrected chi connectivity index (χ0v) is 28.9. The van der Waals surface area contributed by atoms with Gasteiger partial charge < -0.3 is 0 Å². The van der Waals surface area contributed by atoms with Crippen LogP contribution in [0.1, 0.15) is 219 Å². The van der Waals surface area contributed by atoms with Crippen molar-refractivity contribution in [1.82, 2.24) is 4.57 Å². The van der Waals surface area contributed by atoms with E-state index in [0.717, 1.165) is 0 Å². The third-order valence-corrected chi connectivity index (χ3v) is 9.35. The quantitative estimate of drug-likeness (QED) is 0.0584. The van der Waals surface area contributed by atoms with Crippen LogP contribution in [0.3, 0.4) is 0 Å². The lowest BCUT2D eigenvalue weighted by Gasteiger charge is -2.07. The molecule has 0 saturated heterocycles. The summed E-state index contributed by atoms with van der Waals surface area (Å²) in [6.45, 7) is 9.39. The van der Waals surface area contributed by atoms with E-state index in [1.165, 1.54) is 212 Å². The molecule has 0 spiro atoms. The smallest absolute Gasteiger partial charge is 0.234 e. The summed E-state index contributed by atoms with van der Waals surface area (Å²) in [5, 5.41) is 0. The molecule has 1 rings (SSSR count). The summed E-state index contributed by atoms with van der Waals surface area (Å²) in [5.41, 5.74) is 0. The van der Waals surface area contributed by atoms with Crippen molar-refractivity contribution in [3.05, 3.63) is 18.2 Å². The molecule has 0 aliphatic rings. The second-order valence-electron chi connectivity index (χ2n) is 13.4. The molecule has 0 fully saturated rings. The number of aryl methyl sites for hydroxylation is 2. The molecule has 2 heteroatoms. The van der Waals surface area contributed by atoms with Gasteiger partial charge in [0.15, 0.2) is 0 Å². The van der Waals surface area contributed by atoms with Crippen molar-refractivity contribution in [2.45, 2.75) is 233 Å². The maximum absolute atomic E-state index is 2.63. The Morgan fingerprint density at radius 3 is 1.17 bits per heavy atom. The molecule has 0 bridgehead atoms. The molecule has 0 aliphatic heterocycles. The van der Waals surface area contributed by atoms with Crippen molar-refractivity contribution in [3.8, 4) is 0 Å². The number of nitrogens with zero attached hydrogens (tertiary/aromatic N) is 2. The average molecular weight is 574 g/mol. The molecule has 0 aromatic carbocycles. The molecule has 0 amide bonds. The van der Waals surface area contributed by atoms with E-state index in [4.69, 9.17) is 0 Å². The van der Waals surface area contributed by atoms with Gasteiger partial charge in [0.2, 0.25) is 0 Å². The van der Waals surface area contributed by atoms with Crippen molar-refractivity contribution in [2.24, 2.45) is 0 Å². The summed E-state index contributed by atoms with van der Waals surface area (Å²) < 4.78 is 5.24. The summed E-state index contributed by atoms with van der Waals surface area (Å²) in [6, 6.07) is 0. The van der Waals surface area contributed by atoms with Gasteiger partial charge in [-0.3, -0.25) is 0 Å². The molecule has 0 aliphatic carbocycles. The van der Waals surface area contributed by atoms with Crippen LogP contribution in [0.25, 0.3) is 0 Å². The van der Waals surface area contributed by atoms with E-state index in [2.05, 4.69) is 42.3 Å². The molecule has 1 aromatic heterocycles. The van der Waals surface area contributed by atoms with Crippen molar-refractivity contribution < 1.29 is 4.57 Å². The topological polar surface area (TPSA) is 8.81 Å². The Bertz CT molecular complexity index is 634. The highest BCUT2D eigenvalue weighted by atomic mass is 15.1. The van der Waals surface area contributed by atoms with Crippen LogP contribution in [-0.2, 0) is 19.5 Å². The Kier molecular flexibility index (Phi) is 28.6. The minimum Gasteiger partial charge on any atom is -0.234 e. The van der Waals surface area contributed by atoms with Crippen LogP contribution in [0.15, 0.2) is 12.4 Å². The Morgan fingerprint density at radius 1 is 0.415 bits per heavy atom. The molecule has 0 radical (unpaired) electrons. The van der Waals surface area contributed by atoms with Crippen molar-refractivity contribution in [1.29, 1.82) is 0 Å². The second-order valence-corrected chi connectivity index (χ2v) is 13.4. The lowest BCUT2D eigenvalue weighted by atomic mass is 10.0. The summed E-state index contributed by atoms with van der Waals surface area (Å²) in [7, 11) is 0. The third kappa shape index (κ3) is 23.4. The van der Waals surface area contributed by atoms with Gasteiger partial charge in [-0.15, -0.1) is 0 Å². The molecule has 0 atom stereocenters. The molecule has 0 saturated carbocycles. The predicted molar refractivity (Wildman–Crippen MR) is 184 cm³/mol. The lowest BCUT2D eigenvalue weighted by Crippen LogP contribution is -2.37. The zero-order chi connectivity index (χ0) is 29.5. The normalized spacial score (nSPS) is 11.6. The van der Waals surface area contributed by atoms with Crippen LogP contribution in [0.5, 0.6) is 0 Å². The molecule has 1 aromatic rings. The van der Waals surface area contributed by atoms with Gasteiger partial charge in [-0.05, 0) is 32.1 Å². The van der Waals surface area contributed by atoms with Crippen LogP contribution >= 0.6 is 0 Å². The molecule has 1 heterocycles. The van der Waals surface area contributed by atoms with Gasteiger partial charge in [0.1, 0.15) is 12.4 Å². The minimum absolute atomic E-state index is 1.23. The highest BCUT2D eigenvalue weighted by molar-refractivity contribution is 4.84. The highest BCUT2D eigenvalue weighted by Gasteiger charge is 2.16. The van der Waals surface area contributed by atoms with Gasteiger partial charge in [0.05, 0.1) is 13.1 Å². The first-order chi connectivity index (χ1) is 20.3. The third-order valence-electron chi connectivity index (χ3n) is 9.35. The Hall–Kier alpha value is -0.790. The Balaban J connectivity index is 2.22. The predicted octanol–water partition coefficient (Wildman–Crippen LogP) is 13.1. The van der Waals surface area contributed by atoms with Crippen LogP contribution in [0.2, 0.25) is 0 Å². The molecule has 0 N–H and O–H groups in total. The number of aromatic nitrogens is 2.